The number of hydrogen-bond acceptors (Lipinski definition) is 5. The maximum atomic E-state index is 13.2. The van der Waals surface area contributed by atoms with Gasteiger partial charge in [-0.05, 0) is 37.0 Å². The second kappa shape index (κ2) is 12.1. The average Bonchev–Trinajstić information content (AvgIpc) is 3.13. The number of aryl methyl sites for hydroxylation is 1. The average molecular weight is 461 g/mol. The highest BCUT2D eigenvalue weighted by atomic mass is 32.1. The van der Waals surface area contributed by atoms with Gasteiger partial charge in [0.2, 0.25) is 5.78 Å². The molecule has 0 saturated heterocycles. The van der Waals surface area contributed by atoms with Crippen LogP contribution in [0, 0.1) is 11.3 Å². The van der Waals surface area contributed by atoms with E-state index in [1.165, 1.54) is 11.3 Å². The molecule has 3 aromatic rings. The van der Waals surface area contributed by atoms with Crippen LogP contribution in [-0.4, -0.2) is 23.6 Å². The molecule has 0 amide bonds. The molecule has 2 aromatic carbocycles. The van der Waals surface area contributed by atoms with E-state index in [-0.39, 0.29) is 16.9 Å². The van der Waals surface area contributed by atoms with E-state index < -0.39 is 0 Å². The number of ketones is 1. The second-order valence-electron chi connectivity index (χ2n) is 7.60. The fourth-order valence-electron chi connectivity index (χ4n) is 3.53. The first-order valence-corrected chi connectivity index (χ1v) is 12.0. The summed E-state index contributed by atoms with van der Waals surface area (Å²) in [6.07, 6.45) is 4.37. The van der Waals surface area contributed by atoms with Gasteiger partial charge < -0.3 is 4.74 Å². The third-order valence-electron chi connectivity index (χ3n) is 5.19. The first-order chi connectivity index (χ1) is 16.1. The van der Waals surface area contributed by atoms with Crippen LogP contribution >= 0.6 is 11.3 Å². The number of carbonyl (C=O) groups excluding carboxylic acids is 1. The van der Waals surface area contributed by atoms with E-state index in [0.29, 0.717) is 40.9 Å². The van der Waals surface area contributed by atoms with Crippen LogP contribution in [0.15, 0.2) is 59.4 Å². The summed E-state index contributed by atoms with van der Waals surface area (Å²) in [5, 5.41) is 9.92. The topological polar surface area (TPSA) is 72.1 Å². The normalized spacial score (nSPS) is 12.5. The van der Waals surface area contributed by atoms with Crippen molar-refractivity contribution in [2.45, 2.75) is 39.7 Å². The molecule has 0 aliphatic carbocycles. The van der Waals surface area contributed by atoms with Crippen molar-refractivity contribution in [2.24, 2.45) is 0 Å². The molecule has 1 heterocycles. The summed E-state index contributed by atoms with van der Waals surface area (Å²) >= 11 is 1.19. The van der Waals surface area contributed by atoms with Crippen LogP contribution in [0.3, 0.4) is 0 Å². The maximum Gasteiger partial charge on any atom is 0.269 e. The third kappa shape index (κ3) is 6.16. The highest BCUT2D eigenvalue weighted by molar-refractivity contribution is 7.07. The lowest BCUT2D eigenvalue weighted by Crippen LogP contribution is -2.33. The van der Waals surface area contributed by atoms with Crippen LogP contribution in [-0.2, 0) is 17.7 Å². The van der Waals surface area contributed by atoms with E-state index in [1.54, 1.807) is 22.8 Å². The number of nitriles is 1. The molecule has 170 valence electrons. The fraction of sp³-hybridized carbons (Fsp3) is 0.296. The second-order valence-corrected chi connectivity index (χ2v) is 8.63. The molecular formula is C27H28N2O3S. The minimum atomic E-state index is -0.369. The summed E-state index contributed by atoms with van der Waals surface area (Å²) in [5.74, 6) is -0.369. The van der Waals surface area contributed by atoms with Gasteiger partial charge in [-0.25, -0.2) is 0 Å². The molecule has 0 aliphatic rings. The molecule has 33 heavy (non-hydrogen) atoms. The predicted octanol–water partition coefficient (Wildman–Crippen LogP) is 3.67. The van der Waals surface area contributed by atoms with Crippen molar-refractivity contribution >= 4 is 28.8 Å². The lowest BCUT2D eigenvalue weighted by Gasteiger charge is -2.05. The Hall–Kier alpha value is -3.27. The minimum absolute atomic E-state index is 0.00976. The van der Waals surface area contributed by atoms with E-state index in [0.717, 1.165) is 24.0 Å². The lowest BCUT2D eigenvalue weighted by molar-refractivity contribution is 0.105. The van der Waals surface area contributed by atoms with Gasteiger partial charge in [0.1, 0.15) is 16.3 Å². The van der Waals surface area contributed by atoms with Gasteiger partial charge in [0, 0.05) is 25.3 Å². The summed E-state index contributed by atoms with van der Waals surface area (Å²) < 4.78 is 7.84. The molecule has 0 unspecified atom stereocenters. The van der Waals surface area contributed by atoms with Crippen molar-refractivity contribution < 1.29 is 9.53 Å². The maximum absolute atomic E-state index is 13.2. The molecule has 0 saturated carbocycles. The largest absolute Gasteiger partial charge is 0.382 e. The number of carbonyl (C=O) groups is 1. The van der Waals surface area contributed by atoms with E-state index in [1.807, 2.05) is 49.4 Å². The number of thiazole rings is 1. The van der Waals surface area contributed by atoms with Gasteiger partial charge in [-0.3, -0.25) is 14.2 Å². The lowest BCUT2D eigenvalue weighted by atomic mass is 10.0. The van der Waals surface area contributed by atoms with Crippen LogP contribution in [0.2, 0.25) is 0 Å². The van der Waals surface area contributed by atoms with Gasteiger partial charge in [-0.1, -0.05) is 67.9 Å². The standard InChI is InChI=1S/C27H28N2O3S/c1-3-9-20-12-14-22(15-13-20)25(30)23(19-28)27-29(16-8-17-32-4-2)26(31)24(33-27)18-21-10-6-5-7-11-21/h5-7,10-15,18H,3-4,8-9,16-17H2,1-2H3/b24-18-,27-23-. The smallest absolute Gasteiger partial charge is 0.269 e. The molecule has 0 fully saturated rings. The summed E-state index contributed by atoms with van der Waals surface area (Å²) in [4.78, 5) is 26.5. The molecule has 0 aliphatic heterocycles. The molecule has 3 rings (SSSR count). The van der Waals surface area contributed by atoms with Crippen molar-refractivity contribution in [3.63, 3.8) is 0 Å². The van der Waals surface area contributed by atoms with Crippen LogP contribution in [0.5, 0.6) is 0 Å². The van der Waals surface area contributed by atoms with E-state index in [9.17, 15) is 14.9 Å². The molecule has 5 nitrogen and oxygen atoms in total. The molecule has 0 spiro atoms. The highest BCUT2D eigenvalue weighted by Crippen LogP contribution is 2.12. The van der Waals surface area contributed by atoms with E-state index in [2.05, 4.69) is 13.0 Å². The predicted molar refractivity (Wildman–Crippen MR) is 133 cm³/mol. The van der Waals surface area contributed by atoms with Crippen molar-refractivity contribution in [1.82, 2.24) is 4.57 Å². The number of Topliss-reactive ketones (excluding diaryl/α,β-unsaturated/α-hetero) is 1. The minimum Gasteiger partial charge on any atom is -0.382 e. The Kier molecular flexibility index (Phi) is 8.94. The molecule has 0 atom stereocenters. The van der Waals surface area contributed by atoms with Crippen LogP contribution < -0.4 is 14.8 Å². The van der Waals surface area contributed by atoms with Gasteiger partial charge in [0.05, 0.1) is 4.53 Å². The third-order valence-corrected chi connectivity index (χ3v) is 6.32. The highest BCUT2D eigenvalue weighted by Gasteiger charge is 2.17. The van der Waals surface area contributed by atoms with Gasteiger partial charge >= 0.3 is 0 Å². The van der Waals surface area contributed by atoms with Crippen LogP contribution in [0.4, 0.5) is 0 Å². The van der Waals surface area contributed by atoms with Gasteiger partial charge in [0.15, 0.2) is 0 Å². The van der Waals surface area contributed by atoms with Crippen molar-refractivity contribution in [1.29, 1.82) is 5.26 Å². The molecule has 0 N–H and O–H groups in total. The Bertz CT molecular complexity index is 1300. The first kappa shape index (κ1) is 24.4. The Labute approximate surface area is 197 Å². The van der Waals surface area contributed by atoms with Gasteiger partial charge in [-0.15, -0.1) is 11.3 Å². The summed E-state index contributed by atoms with van der Waals surface area (Å²) in [6.45, 7) is 5.50. The zero-order valence-corrected chi connectivity index (χ0v) is 19.9. The Morgan fingerprint density at radius 3 is 2.48 bits per heavy atom. The number of aromatic nitrogens is 1. The van der Waals surface area contributed by atoms with Gasteiger partial charge in [-0.2, -0.15) is 5.26 Å². The molecule has 6 heteroatoms. The Morgan fingerprint density at radius 1 is 1.12 bits per heavy atom. The Balaban J connectivity index is 2.12. The number of benzene rings is 2. The number of ether oxygens (including phenoxy) is 1. The number of nitrogens with zero attached hydrogens (tertiary/aromatic N) is 2. The molecule has 0 radical (unpaired) electrons. The van der Waals surface area contributed by atoms with Gasteiger partial charge in [0.25, 0.3) is 5.56 Å². The molecule has 1 aromatic heterocycles. The fourth-order valence-corrected chi connectivity index (χ4v) is 4.66. The SMILES string of the molecule is CCCc1ccc(C(=O)/C(C#N)=c2\s/c(=C\c3ccccc3)c(=O)n2CCCOCC)cc1. The summed E-state index contributed by atoms with van der Waals surface area (Å²) in [7, 11) is 0. The molecule has 0 bridgehead atoms. The summed E-state index contributed by atoms with van der Waals surface area (Å²) in [6, 6.07) is 19.0. The van der Waals surface area contributed by atoms with Crippen LogP contribution in [0.1, 0.15) is 48.2 Å². The van der Waals surface area contributed by atoms with E-state index >= 15 is 0 Å². The molecular weight excluding hydrogens is 432 g/mol. The van der Waals surface area contributed by atoms with Crippen molar-refractivity contribution in [3.8, 4) is 6.07 Å². The van der Waals surface area contributed by atoms with Crippen molar-refractivity contribution in [3.05, 3.63) is 90.8 Å². The zero-order chi connectivity index (χ0) is 23.6. The monoisotopic (exact) mass is 460 g/mol. The Morgan fingerprint density at radius 2 is 1.85 bits per heavy atom. The van der Waals surface area contributed by atoms with E-state index in [4.69, 9.17) is 4.74 Å². The summed E-state index contributed by atoms with van der Waals surface area (Å²) in [5.41, 5.74) is 2.27. The number of rotatable bonds is 10. The first-order valence-electron chi connectivity index (χ1n) is 11.2. The van der Waals surface area contributed by atoms with Crippen LogP contribution in [0.25, 0.3) is 11.6 Å². The zero-order valence-electron chi connectivity index (χ0n) is 19.0. The van der Waals surface area contributed by atoms with Crippen molar-refractivity contribution in [2.75, 3.05) is 13.2 Å². The quantitative estimate of drug-likeness (QED) is 0.342. The number of hydrogen-bond donors (Lipinski definition) is 0.